The maximum Gasteiger partial charge on any atom is 0.318 e. The highest BCUT2D eigenvalue weighted by molar-refractivity contribution is 5.85. The van der Waals surface area contributed by atoms with E-state index in [0.717, 1.165) is 19.5 Å². The van der Waals surface area contributed by atoms with Crippen molar-refractivity contribution in [2.75, 3.05) is 32.7 Å². The predicted molar refractivity (Wildman–Crippen MR) is 95.2 cm³/mol. The summed E-state index contributed by atoms with van der Waals surface area (Å²) in [5.74, 6) is -0.00948. The Morgan fingerprint density at radius 2 is 2.00 bits per heavy atom. The van der Waals surface area contributed by atoms with E-state index in [-0.39, 0.29) is 36.9 Å². The molecule has 0 radical (unpaired) electrons. The van der Waals surface area contributed by atoms with E-state index in [9.17, 15) is 9.59 Å². The fourth-order valence-electron chi connectivity index (χ4n) is 3.25. The zero-order valence-corrected chi connectivity index (χ0v) is 14.8. The topological polar surface area (TPSA) is 64.7 Å². The summed E-state index contributed by atoms with van der Waals surface area (Å²) < 4.78 is 0. The molecule has 2 N–H and O–H groups in total. The van der Waals surface area contributed by atoms with Crippen molar-refractivity contribution in [3.8, 4) is 0 Å². The van der Waals surface area contributed by atoms with Gasteiger partial charge in [0.2, 0.25) is 5.91 Å². The highest BCUT2D eigenvalue weighted by Gasteiger charge is 2.25. The van der Waals surface area contributed by atoms with Gasteiger partial charge in [0.15, 0.2) is 0 Å². The standard InChI is InChI=1S/C17H24N4O2.ClH/c1-13-10-18-7-9-21(13)16(22)11-19-17(23)20-8-6-14-4-2-3-5-15(14)12-20;/h2-5,13,18H,6-12H2,1H3,(H,19,23);1H/t13-;/m0./s1. The van der Waals surface area contributed by atoms with E-state index in [4.69, 9.17) is 0 Å². The second-order valence-electron chi connectivity index (χ2n) is 6.24. The van der Waals surface area contributed by atoms with Gasteiger partial charge in [-0.05, 0) is 24.5 Å². The smallest absolute Gasteiger partial charge is 0.318 e. The molecule has 6 nitrogen and oxygen atoms in total. The minimum atomic E-state index is -0.157. The predicted octanol–water partition coefficient (Wildman–Crippen LogP) is 0.996. The zero-order chi connectivity index (χ0) is 16.2. The van der Waals surface area contributed by atoms with E-state index in [1.54, 1.807) is 4.90 Å². The summed E-state index contributed by atoms with van der Waals surface area (Å²) >= 11 is 0. The average molecular weight is 353 g/mol. The number of fused-ring (bicyclic) bond motifs is 1. The molecule has 3 amide bonds. The summed E-state index contributed by atoms with van der Waals surface area (Å²) in [5, 5.41) is 6.03. The largest absolute Gasteiger partial charge is 0.336 e. The second kappa shape index (κ2) is 8.35. The number of halogens is 1. The molecule has 1 saturated heterocycles. The molecule has 7 heteroatoms. The number of hydrogen-bond donors (Lipinski definition) is 2. The summed E-state index contributed by atoms with van der Waals surface area (Å²) in [7, 11) is 0. The highest BCUT2D eigenvalue weighted by Crippen LogP contribution is 2.18. The quantitative estimate of drug-likeness (QED) is 0.834. The zero-order valence-electron chi connectivity index (χ0n) is 14.0. The van der Waals surface area contributed by atoms with E-state index >= 15 is 0 Å². The second-order valence-corrected chi connectivity index (χ2v) is 6.24. The molecule has 3 rings (SSSR count). The van der Waals surface area contributed by atoms with Gasteiger partial charge >= 0.3 is 6.03 Å². The first-order chi connectivity index (χ1) is 11.1. The number of nitrogens with zero attached hydrogens (tertiary/aromatic N) is 2. The molecule has 2 heterocycles. The Kier molecular flexibility index (Phi) is 6.45. The van der Waals surface area contributed by atoms with Crippen molar-refractivity contribution < 1.29 is 9.59 Å². The molecule has 1 aromatic rings. The summed E-state index contributed by atoms with van der Waals surface area (Å²) in [6.45, 7) is 5.72. The molecule has 1 aromatic carbocycles. The van der Waals surface area contributed by atoms with Gasteiger partial charge in [0.05, 0.1) is 6.54 Å². The summed E-state index contributed by atoms with van der Waals surface area (Å²) in [4.78, 5) is 28.2. The molecule has 2 aliphatic heterocycles. The van der Waals surface area contributed by atoms with Gasteiger partial charge < -0.3 is 20.4 Å². The molecule has 132 valence electrons. The van der Waals surface area contributed by atoms with E-state index in [0.29, 0.717) is 19.6 Å². The molecule has 0 aromatic heterocycles. The van der Waals surface area contributed by atoms with Gasteiger partial charge in [0.1, 0.15) is 0 Å². The Hall–Kier alpha value is -1.79. The monoisotopic (exact) mass is 352 g/mol. The number of amides is 3. The molecule has 1 atom stereocenters. The van der Waals surface area contributed by atoms with Crippen LogP contribution in [0.15, 0.2) is 24.3 Å². The Morgan fingerprint density at radius 3 is 2.75 bits per heavy atom. The number of carbonyl (C=O) groups is 2. The van der Waals surface area contributed by atoms with Crippen molar-refractivity contribution in [2.24, 2.45) is 0 Å². The van der Waals surface area contributed by atoms with Crippen LogP contribution in [0.3, 0.4) is 0 Å². The van der Waals surface area contributed by atoms with Crippen molar-refractivity contribution >= 4 is 24.3 Å². The first kappa shape index (κ1) is 18.5. The maximum atomic E-state index is 12.3. The third kappa shape index (κ3) is 4.19. The molecule has 0 unspecified atom stereocenters. The lowest BCUT2D eigenvalue weighted by atomic mass is 10.0. The number of rotatable bonds is 2. The number of nitrogens with one attached hydrogen (secondary N) is 2. The fourth-order valence-corrected chi connectivity index (χ4v) is 3.25. The van der Waals surface area contributed by atoms with Crippen molar-refractivity contribution in [2.45, 2.75) is 25.9 Å². The van der Waals surface area contributed by atoms with Crippen LogP contribution in [-0.2, 0) is 17.8 Å². The van der Waals surface area contributed by atoms with Crippen LogP contribution in [0.2, 0.25) is 0 Å². The summed E-state index contributed by atoms with van der Waals surface area (Å²) in [6.07, 6.45) is 0.867. The molecule has 0 aliphatic carbocycles. The summed E-state index contributed by atoms with van der Waals surface area (Å²) in [6, 6.07) is 8.21. The molecule has 1 fully saturated rings. The molecular weight excluding hydrogens is 328 g/mol. The lowest BCUT2D eigenvalue weighted by Crippen LogP contribution is -2.55. The van der Waals surface area contributed by atoms with E-state index in [1.807, 2.05) is 24.0 Å². The number of hydrogen-bond acceptors (Lipinski definition) is 3. The molecule has 0 spiro atoms. The van der Waals surface area contributed by atoms with Crippen LogP contribution >= 0.6 is 12.4 Å². The molecular formula is C17H25ClN4O2. The van der Waals surface area contributed by atoms with E-state index in [1.165, 1.54) is 11.1 Å². The lowest BCUT2D eigenvalue weighted by molar-refractivity contribution is -0.132. The fraction of sp³-hybridized carbons (Fsp3) is 0.529. The van der Waals surface area contributed by atoms with Gasteiger partial charge in [0.25, 0.3) is 0 Å². The van der Waals surface area contributed by atoms with Crippen LogP contribution in [0.4, 0.5) is 4.79 Å². The summed E-state index contributed by atoms with van der Waals surface area (Å²) in [5.41, 5.74) is 2.50. The average Bonchev–Trinajstić information content (AvgIpc) is 2.59. The lowest BCUT2D eigenvalue weighted by Gasteiger charge is -2.34. The van der Waals surface area contributed by atoms with Gasteiger partial charge in [-0.1, -0.05) is 24.3 Å². The van der Waals surface area contributed by atoms with Crippen LogP contribution < -0.4 is 10.6 Å². The number of carbonyl (C=O) groups excluding carboxylic acids is 2. The Morgan fingerprint density at radius 1 is 1.25 bits per heavy atom. The van der Waals surface area contributed by atoms with Gasteiger partial charge in [-0.15, -0.1) is 12.4 Å². The molecule has 2 aliphatic rings. The third-order valence-corrected chi connectivity index (χ3v) is 4.63. The van der Waals surface area contributed by atoms with Crippen molar-refractivity contribution in [1.82, 2.24) is 20.4 Å². The Labute approximate surface area is 149 Å². The first-order valence-corrected chi connectivity index (χ1v) is 8.25. The van der Waals surface area contributed by atoms with Crippen LogP contribution in [-0.4, -0.2) is 60.5 Å². The Bertz CT molecular complexity index is 596. The molecule has 0 bridgehead atoms. The van der Waals surface area contributed by atoms with Crippen LogP contribution in [0.5, 0.6) is 0 Å². The van der Waals surface area contributed by atoms with Gasteiger partial charge in [-0.25, -0.2) is 4.79 Å². The van der Waals surface area contributed by atoms with Crippen LogP contribution in [0.1, 0.15) is 18.1 Å². The highest BCUT2D eigenvalue weighted by atomic mass is 35.5. The van der Waals surface area contributed by atoms with Crippen molar-refractivity contribution in [1.29, 1.82) is 0 Å². The number of benzene rings is 1. The van der Waals surface area contributed by atoms with Crippen molar-refractivity contribution in [3.63, 3.8) is 0 Å². The normalized spacial score (nSPS) is 20.0. The Balaban J connectivity index is 0.00000208. The molecule has 0 saturated carbocycles. The van der Waals surface area contributed by atoms with Crippen molar-refractivity contribution in [3.05, 3.63) is 35.4 Å². The van der Waals surface area contributed by atoms with Gasteiger partial charge in [-0.2, -0.15) is 0 Å². The van der Waals surface area contributed by atoms with Gasteiger partial charge in [0, 0.05) is 38.8 Å². The first-order valence-electron chi connectivity index (χ1n) is 8.25. The van der Waals surface area contributed by atoms with Crippen LogP contribution in [0.25, 0.3) is 0 Å². The minimum Gasteiger partial charge on any atom is -0.336 e. The number of piperazine rings is 1. The SMILES string of the molecule is C[C@H]1CNCCN1C(=O)CNC(=O)N1CCc2ccccc2C1.Cl. The minimum absolute atomic E-state index is 0. The molecule has 24 heavy (non-hydrogen) atoms. The maximum absolute atomic E-state index is 12.3. The van der Waals surface area contributed by atoms with E-state index in [2.05, 4.69) is 22.8 Å². The van der Waals surface area contributed by atoms with E-state index < -0.39 is 0 Å². The van der Waals surface area contributed by atoms with Gasteiger partial charge in [-0.3, -0.25) is 4.79 Å². The third-order valence-electron chi connectivity index (χ3n) is 4.63. The number of urea groups is 1. The van der Waals surface area contributed by atoms with Crippen LogP contribution in [0, 0.1) is 0 Å².